The number of nitrogens with zero attached hydrogens (tertiary/aromatic N) is 2. The SMILES string of the molecule is CNS(=O)(=O)c1ccc(-c2ccc3cnc(Nc4ccc(OC(C)C5CCCN5)cc4)nc3c2)cc1. The summed E-state index contributed by atoms with van der Waals surface area (Å²) in [6.07, 6.45) is 4.24. The van der Waals surface area contributed by atoms with Gasteiger partial charge in [-0.1, -0.05) is 24.3 Å². The largest absolute Gasteiger partial charge is 0.489 e. The highest BCUT2D eigenvalue weighted by atomic mass is 32.2. The first-order valence-electron chi connectivity index (χ1n) is 12.0. The van der Waals surface area contributed by atoms with E-state index < -0.39 is 10.0 Å². The van der Waals surface area contributed by atoms with E-state index in [0.29, 0.717) is 12.0 Å². The zero-order valence-corrected chi connectivity index (χ0v) is 21.0. The van der Waals surface area contributed by atoms with Gasteiger partial charge in [0.2, 0.25) is 16.0 Å². The van der Waals surface area contributed by atoms with Crippen molar-refractivity contribution in [3.63, 3.8) is 0 Å². The van der Waals surface area contributed by atoms with Crippen molar-refractivity contribution in [2.24, 2.45) is 0 Å². The first-order valence-corrected chi connectivity index (χ1v) is 13.5. The molecule has 0 bridgehead atoms. The molecule has 186 valence electrons. The molecule has 8 nitrogen and oxygen atoms in total. The summed E-state index contributed by atoms with van der Waals surface area (Å²) in [7, 11) is -2.07. The average molecular weight is 504 g/mol. The maximum atomic E-state index is 12.0. The Morgan fingerprint density at radius 2 is 1.78 bits per heavy atom. The Labute approximate surface area is 211 Å². The molecule has 36 heavy (non-hydrogen) atoms. The summed E-state index contributed by atoms with van der Waals surface area (Å²) >= 11 is 0. The fraction of sp³-hybridized carbons (Fsp3) is 0.259. The van der Waals surface area contributed by atoms with E-state index in [9.17, 15) is 8.42 Å². The smallest absolute Gasteiger partial charge is 0.240 e. The van der Waals surface area contributed by atoms with Gasteiger partial charge >= 0.3 is 0 Å². The number of sulfonamides is 1. The Morgan fingerprint density at radius 1 is 1.03 bits per heavy atom. The summed E-state index contributed by atoms with van der Waals surface area (Å²) < 4.78 is 32.4. The number of anilines is 2. The van der Waals surface area contributed by atoms with Crippen LogP contribution >= 0.6 is 0 Å². The first kappa shape index (κ1) is 24.2. The quantitative estimate of drug-likeness (QED) is 0.326. The van der Waals surface area contributed by atoms with Gasteiger partial charge in [-0.3, -0.25) is 0 Å². The van der Waals surface area contributed by atoms with Gasteiger partial charge in [0.05, 0.1) is 10.4 Å². The van der Waals surface area contributed by atoms with Crippen LogP contribution in [-0.2, 0) is 10.0 Å². The Bertz CT molecular complexity index is 1450. The second-order valence-corrected chi connectivity index (χ2v) is 10.8. The Kier molecular flexibility index (Phi) is 6.86. The van der Waals surface area contributed by atoms with E-state index in [1.807, 2.05) is 42.5 Å². The van der Waals surface area contributed by atoms with Crippen LogP contribution in [0.1, 0.15) is 19.8 Å². The van der Waals surface area contributed by atoms with E-state index >= 15 is 0 Å². The summed E-state index contributed by atoms with van der Waals surface area (Å²) in [4.78, 5) is 9.35. The second-order valence-electron chi connectivity index (χ2n) is 8.87. The van der Waals surface area contributed by atoms with Crippen LogP contribution in [0.15, 0.2) is 77.8 Å². The van der Waals surface area contributed by atoms with Gasteiger partial charge in [-0.2, -0.15) is 0 Å². The Morgan fingerprint density at radius 3 is 2.47 bits per heavy atom. The normalized spacial score (nSPS) is 16.7. The molecule has 0 radical (unpaired) electrons. The van der Waals surface area contributed by atoms with Crippen LogP contribution in [0.3, 0.4) is 0 Å². The number of aromatic nitrogens is 2. The van der Waals surface area contributed by atoms with Crippen molar-refractivity contribution in [2.45, 2.75) is 36.8 Å². The van der Waals surface area contributed by atoms with Crippen molar-refractivity contribution in [1.29, 1.82) is 0 Å². The van der Waals surface area contributed by atoms with Crippen molar-refractivity contribution in [3.05, 3.63) is 72.9 Å². The van der Waals surface area contributed by atoms with Gasteiger partial charge in [0.15, 0.2) is 0 Å². The maximum absolute atomic E-state index is 12.0. The number of fused-ring (bicyclic) bond motifs is 1. The van der Waals surface area contributed by atoms with Gasteiger partial charge in [-0.15, -0.1) is 0 Å². The third-order valence-corrected chi connectivity index (χ3v) is 7.88. The lowest BCUT2D eigenvalue weighted by Crippen LogP contribution is -2.36. The molecule has 1 aliphatic heterocycles. The molecule has 9 heteroatoms. The molecule has 3 aromatic carbocycles. The number of ether oxygens (including phenoxy) is 1. The predicted molar refractivity (Wildman–Crippen MR) is 142 cm³/mol. The molecule has 1 saturated heterocycles. The minimum atomic E-state index is -3.47. The van der Waals surface area contributed by atoms with Crippen LogP contribution in [0, 0.1) is 0 Å². The van der Waals surface area contributed by atoms with Crippen molar-refractivity contribution in [2.75, 3.05) is 18.9 Å². The van der Waals surface area contributed by atoms with Crippen LogP contribution in [0.2, 0.25) is 0 Å². The minimum Gasteiger partial charge on any atom is -0.489 e. The molecule has 0 aliphatic carbocycles. The van der Waals surface area contributed by atoms with E-state index in [-0.39, 0.29) is 11.0 Å². The standard InChI is InChI=1S/C27H29N5O3S/c1-18(25-4-3-15-29-25)35-23-11-9-22(10-12-23)31-27-30-17-21-6-5-20(16-26(21)32-27)19-7-13-24(14-8-19)36(33,34)28-2/h5-14,16-18,25,28-29H,3-4,15H2,1-2H3,(H,30,31,32). The van der Waals surface area contributed by atoms with Gasteiger partial charge in [0.1, 0.15) is 11.9 Å². The lowest BCUT2D eigenvalue weighted by Gasteiger charge is -2.21. The second kappa shape index (κ2) is 10.2. The lowest BCUT2D eigenvalue weighted by molar-refractivity contribution is 0.180. The van der Waals surface area contributed by atoms with E-state index in [2.05, 4.69) is 32.2 Å². The Balaban J connectivity index is 1.30. The summed E-state index contributed by atoms with van der Waals surface area (Å²) in [6, 6.07) is 20.9. The molecular weight excluding hydrogens is 474 g/mol. The molecule has 0 spiro atoms. The molecular formula is C27H29N5O3S. The third-order valence-electron chi connectivity index (χ3n) is 6.45. The van der Waals surface area contributed by atoms with Gasteiger partial charge in [-0.25, -0.2) is 23.1 Å². The van der Waals surface area contributed by atoms with Gasteiger partial charge in [0, 0.05) is 23.3 Å². The van der Waals surface area contributed by atoms with Crippen molar-refractivity contribution < 1.29 is 13.2 Å². The van der Waals surface area contributed by atoms with Crippen LogP contribution < -0.4 is 20.1 Å². The van der Waals surface area contributed by atoms with Crippen LogP contribution in [0.25, 0.3) is 22.0 Å². The number of benzene rings is 3. The monoisotopic (exact) mass is 503 g/mol. The number of rotatable bonds is 8. The molecule has 3 N–H and O–H groups in total. The van der Waals surface area contributed by atoms with Crippen molar-refractivity contribution in [3.8, 4) is 16.9 Å². The average Bonchev–Trinajstić information content (AvgIpc) is 3.45. The minimum absolute atomic E-state index is 0.119. The predicted octanol–water partition coefficient (Wildman–Crippen LogP) is 4.47. The highest BCUT2D eigenvalue weighted by Crippen LogP contribution is 2.26. The highest BCUT2D eigenvalue weighted by Gasteiger charge is 2.22. The number of nitrogens with one attached hydrogen (secondary N) is 3. The topological polar surface area (TPSA) is 105 Å². The fourth-order valence-electron chi connectivity index (χ4n) is 4.36. The molecule has 0 saturated carbocycles. The summed E-state index contributed by atoms with van der Waals surface area (Å²) in [5, 5.41) is 7.65. The fourth-order valence-corrected chi connectivity index (χ4v) is 5.09. The molecule has 1 fully saturated rings. The van der Waals surface area contributed by atoms with E-state index in [1.54, 1.807) is 30.5 Å². The third kappa shape index (κ3) is 5.33. The molecule has 2 atom stereocenters. The van der Waals surface area contributed by atoms with Crippen LogP contribution in [0.5, 0.6) is 5.75 Å². The molecule has 2 heterocycles. The molecule has 1 aliphatic rings. The van der Waals surface area contributed by atoms with Crippen molar-refractivity contribution in [1.82, 2.24) is 20.0 Å². The number of hydrogen-bond acceptors (Lipinski definition) is 7. The summed E-state index contributed by atoms with van der Waals surface area (Å²) in [6.45, 7) is 3.16. The van der Waals surface area contributed by atoms with E-state index in [1.165, 1.54) is 13.5 Å². The lowest BCUT2D eigenvalue weighted by atomic mass is 10.0. The zero-order valence-electron chi connectivity index (χ0n) is 20.2. The zero-order chi connectivity index (χ0) is 25.1. The summed E-state index contributed by atoms with van der Waals surface area (Å²) in [5.74, 6) is 1.33. The number of hydrogen-bond donors (Lipinski definition) is 3. The van der Waals surface area contributed by atoms with Gasteiger partial charge in [0.25, 0.3) is 0 Å². The first-order chi connectivity index (χ1) is 17.4. The molecule has 4 aromatic rings. The maximum Gasteiger partial charge on any atom is 0.240 e. The molecule has 5 rings (SSSR count). The van der Waals surface area contributed by atoms with E-state index in [4.69, 9.17) is 4.74 Å². The van der Waals surface area contributed by atoms with E-state index in [0.717, 1.165) is 46.4 Å². The van der Waals surface area contributed by atoms with Gasteiger partial charge < -0.3 is 15.4 Å². The molecule has 2 unspecified atom stereocenters. The van der Waals surface area contributed by atoms with Crippen LogP contribution in [-0.4, -0.2) is 44.1 Å². The Hall–Kier alpha value is -3.53. The molecule has 1 aromatic heterocycles. The van der Waals surface area contributed by atoms with Crippen molar-refractivity contribution >= 4 is 32.6 Å². The van der Waals surface area contributed by atoms with Gasteiger partial charge in [-0.05, 0) is 86.9 Å². The molecule has 0 amide bonds. The summed E-state index contributed by atoms with van der Waals surface area (Å²) in [5.41, 5.74) is 3.49. The van der Waals surface area contributed by atoms with Crippen LogP contribution in [0.4, 0.5) is 11.6 Å². The highest BCUT2D eigenvalue weighted by molar-refractivity contribution is 7.89.